The number of hydrogen-bond acceptors (Lipinski definition) is 4. The second kappa shape index (κ2) is 8.81. The van der Waals surface area contributed by atoms with Crippen LogP contribution < -0.4 is 5.32 Å². The first-order valence-corrected chi connectivity index (χ1v) is 7.04. The van der Waals surface area contributed by atoms with Gasteiger partial charge in [0.2, 0.25) is 0 Å². The molecule has 6 nitrogen and oxygen atoms in total. The standard InChI is InChI=1S/C12H14BrClN4O2/c1-20-12(19)11(16-5-2-6-17-18-15)8-3-4-9(13)10(14)7-8/h3-4,7,11,16H,2,5-6H2,1H3. The molecule has 0 aromatic heterocycles. The van der Waals surface area contributed by atoms with Crippen molar-refractivity contribution >= 4 is 33.5 Å². The molecule has 8 heteroatoms. The first-order chi connectivity index (χ1) is 9.60. The van der Waals surface area contributed by atoms with Gasteiger partial charge in [-0.3, -0.25) is 0 Å². The quantitative estimate of drug-likeness (QED) is 0.264. The number of carbonyl (C=O) groups is 1. The van der Waals surface area contributed by atoms with E-state index in [0.29, 0.717) is 30.1 Å². The molecule has 0 fully saturated rings. The normalized spacial score (nSPS) is 11.6. The Kier molecular flexibility index (Phi) is 7.40. The smallest absolute Gasteiger partial charge is 0.327 e. The molecule has 0 aliphatic carbocycles. The molecule has 1 N–H and O–H groups in total. The van der Waals surface area contributed by atoms with Crippen molar-refractivity contribution in [3.05, 3.63) is 43.7 Å². The van der Waals surface area contributed by atoms with E-state index in [1.165, 1.54) is 7.11 Å². The summed E-state index contributed by atoms with van der Waals surface area (Å²) in [4.78, 5) is 14.5. The third kappa shape index (κ3) is 5.02. The van der Waals surface area contributed by atoms with Crippen LogP contribution in [0.3, 0.4) is 0 Å². The van der Waals surface area contributed by atoms with Crippen LogP contribution in [0.5, 0.6) is 0 Å². The number of ether oxygens (including phenoxy) is 1. The highest BCUT2D eigenvalue weighted by Crippen LogP contribution is 2.26. The highest BCUT2D eigenvalue weighted by atomic mass is 79.9. The van der Waals surface area contributed by atoms with Crippen molar-refractivity contribution in [1.82, 2.24) is 5.32 Å². The van der Waals surface area contributed by atoms with E-state index >= 15 is 0 Å². The lowest BCUT2D eigenvalue weighted by molar-refractivity contribution is -0.143. The highest BCUT2D eigenvalue weighted by molar-refractivity contribution is 9.10. The van der Waals surface area contributed by atoms with E-state index in [1.807, 2.05) is 0 Å². The van der Waals surface area contributed by atoms with Gasteiger partial charge in [0.25, 0.3) is 0 Å². The third-order valence-corrected chi connectivity index (χ3v) is 3.79. The number of azide groups is 1. The first kappa shape index (κ1) is 16.8. The topological polar surface area (TPSA) is 87.1 Å². The predicted molar refractivity (Wildman–Crippen MR) is 80.5 cm³/mol. The summed E-state index contributed by atoms with van der Waals surface area (Å²) in [6.07, 6.45) is 0.627. The molecule has 0 aliphatic rings. The van der Waals surface area contributed by atoms with Gasteiger partial charge in [-0.25, -0.2) is 4.79 Å². The van der Waals surface area contributed by atoms with Crippen LogP contribution in [0.1, 0.15) is 18.0 Å². The number of hydrogen-bond donors (Lipinski definition) is 1. The van der Waals surface area contributed by atoms with Crippen molar-refractivity contribution in [3.63, 3.8) is 0 Å². The van der Waals surface area contributed by atoms with E-state index in [0.717, 1.165) is 4.47 Å². The van der Waals surface area contributed by atoms with E-state index < -0.39 is 12.0 Å². The molecule has 0 radical (unpaired) electrons. The molecule has 1 unspecified atom stereocenters. The summed E-state index contributed by atoms with van der Waals surface area (Å²) >= 11 is 9.33. The van der Waals surface area contributed by atoms with Gasteiger partial charge in [-0.05, 0) is 52.1 Å². The summed E-state index contributed by atoms with van der Waals surface area (Å²) in [5, 5.41) is 7.01. The fourth-order valence-corrected chi connectivity index (χ4v) is 2.02. The number of nitrogens with one attached hydrogen (secondary N) is 1. The van der Waals surface area contributed by atoms with Gasteiger partial charge in [0, 0.05) is 15.9 Å². The average molecular weight is 362 g/mol. The molecule has 0 aliphatic heterocycles. The van der Waals surface area contributed by atoms with Crippen LogP contribution in [0.2, 0.25) is 5.02 Å². The van der Waals surface area contributed by atoms with Gasteiger partial charge in [0.15, 0.2) is 0 Å². The maximum atomic E-state index is 11.8. The lowest BCUT2D eigenvalue weighted by atomic mass is 10.1. The number of rotatable bonds is 7. The van der Waals surface area contributed by atoms with Crippen molar-refractivity contribution < 1.29 is 9.53 Å². The summed E-state index contributed by atoms with van der Waals surface area (Å²) in [6.45, 7) is 0.894. The minimum Gasteiger partial charge on any atom is -0.468 e. The van der Waals surface area contributed by atoms with E-state index in [1.54, 1.807) is 18.2 Å². The number of halogens is 2. The minimum atomic E-state index is -0.600. The average Bonchev–Trinajstić information content (AvgIpc) is 2.45. The van der Waals surface area contributed by atoms with Gasteiger partial charge in [-0.15, -0.1) is 0 Å². The van der Waals surface area contributed by atoms with E-state index in [4.69, 9.17) is 21.9 Å². The summed E-state index contributed by atoms with van der Waals surface area (Å²) in [5.41, 5.74) is 8.90. The van der Waals surface area contributed by atoms with Crippen LogP contribution >= 0.6 is 27.5 Å². The largest absolute Gasteiger partial charge is 0.468 e. The zero-order valence-corrected chi connectivity index (χ0v) is 13.2. The number of methoxy groups -OCH3 is 1. The molecule has 1 aromatic carbocycles. The Balaban J connectivity index is 2.75. The molecule has 0 heterocycles. The van der Waals surface area contributed by atoms with E-state index in [-0.39, 0.29) is 0 Å². The Labute approximate surface area is 130 Å². The van der Waals surface area contributed by atoms with Crippen molar-refractivity contribution in [2.45, 2.75) is 12.5 Å². The molecule has 0 amide bonds. The maximum absolute atomic E-state index is 11.8. The lowest BCUT2D eigenvalue weighted by Gasteiger charge is -2.17. The monoisotopic (exact) mass is 360 g/mol. The van der Waals surface area contributed by atoms with Crippen molar-refractivity contribution in [3.8, 4) is 0 Å². The maximum Gasteiger partial charge on any atom is 0.327 e. The van der Waals surface area contributed by atoms with E-state index in [9.17, 15) is 4.79 Å². The van der Waals surface area contributed by atoms with Crippen LogP contribution in [-0.4, -0.2) is 26.2 Å². The Morgan fingerprint density at radius 1 is 1.65 bits per heavy atom. The van der Waals surface area contributed by atoms with Crippen molar-refractivity contribution in [1.29, 1.82) is 0 Å². The second-order valence-corrected chi connectivity index (χ2v) is 5.15. The molecular formula is C12H14BrClN4O2. The van der Waals surface area contributed by atoms with Crippen LogP contribution in [-0.2, 0) is 9.53 Å². The molecule has 20 heavy (non-hydrogen) atoms. The Hall–Kier alpha value is -1.27. The van der Waals surface area contributed by atoms with Crippen LogP contribution in [0.4, 0.5) is 0 Å². The van der Waals surface area contributed by atoms with Crippen LogP contribution in [0, 0.1) is 0 Å². The molecule has 108 valence electrons. The molecule has 0 bridgehead atoms. The Morgan fingerprint density at radius 2 is 2.40 bits per heavy atom. The van der Waals surface area contributed by atoms with Crippen LogP contribution in [0.15, 0.2) is 27.8 Å². The van der Waals surface area contributed by atoms with Gasteiger partial charge < -0.3 is 10.1 Å². The van der Waals surface area contributed by atoms with Crippen molar-refractivity contribution in [2.24, 2.45) is 5.11 Å². The molecule has 1 rings (SSSR count). The number of carbonyl (C=O) groups excluding carboxylic acids is 1. The summed E-state index contributed by atoms with van der Waals surface area (Å²) in [7, 11) is 1.33. The lowest BCUT2D eigenvalue weighted by Crippen LogP contribution is -2.30. The first-order valence-electron chi connectivity index (χ1n) is 5.87. The molecule has 1 atom stereocenters. The third-order valence-electron chi connectivity index (χ3n) is 2.56. The van der Waals surface area contributed by atoms with Gasteiger partial charge in [0.05, 0.1) is 12.1 Å². The highest BCUT2D eigenvalue weighted by Gasteiger charge is 2.21. The Morgan fingerprint density at radius 3 is 3.00 bits per heavy atom. The second-order valence-electron chi connectivity index (χ2n) is 3.89. The fourth-order valence-electron chi connectivity index (χ4n) is 1.59. The van der Waals surface area contributed by atoms with Gasteiger partial charge in [-0.1, -0.05) is 22.8 Å². The number of benzene rings is 1. The molecule has 1 aromatic rings. The summed E-state index contributed by atoms with van der Waals surface area (Å²) < 4.78 is 5.54. The molecule has 0 saturated heterocycles. The van der Waals surface area contributed by atoms with Gasteiger partial charge >= 0.3 is 5.97 Å². The summed E-state index contributed by atoms with van der Waals surface area (Å²) in [5.74, 6) is -0.396. The zero-order chi connectivity index (χ0) is 15.0. The van der Waals surface area contributed by atoms with Gasteiger partial charge in [-0.2, -0.15) is 0 Å². The summed E-state index contributed by atoms with van der Waals surface area (Å²) in [6, 6.07) is 4.66. The Bertz CT molecular complexity index is 520. The van der Waals surface area contributed by atoms with Gasteiger partial charge in [0.1, 0.15) is 6.04 Å². The van der Waals surface area contributed by atoms with Crippen molar-refractivity contribution in [2.75, 3.05) is 20.2 Å². The molecular weight excluding hydrogens is 348 g/mol. The number of nitrogens with zero attached hydrogens (tertiary/aromatic N) is 3. The van der Waals surface area contributed by atoms with E-state index in [2.05, 4.69) is 31.3 Å². The zero-order valence-electron chi connectivity index (χ0n) is 10.8. The number of esters is 1. The molecule has 0 spiro atoms. The molecule has 0 saturated carbocycles. The predicted octanol–water partition coefficient (Wildman–Crippen LogP) is 3.61. The SMILES string of the molecule is COC(=O)C(NCCCN=[N+]=[N-])c1ccc(Br)c(Cl)c1. The van der Waals surface area contributed by atoms with Crippen LogP contribution in [0.25, 0.3) is 10.4 Å². The minimum absolute atomic E-state index is 0.373. The fraction of sp³-hybridized carbons (Fsp3) is 0.417.